The van der Waals surface area contributed by atoms with E-state index in [0.29, 0.717) is 12.6 Å². The van der Waals surface area contributed by atoms with Gasteiger partial charge in [0.05, 0.1) is 0 Å². The van der Waals surface area contributed by atoms with Gasteiger partial charge < -0.3 is 10.2 Å². The van der Waals surface area contributed by atoms with Crippen LogP contribution < -0.4 is 5.32 Å². The first-order valence-corrected chi connectivity index (χ1v) is 7.99. The molecule has 0 bridgehead atoms. The maximum Gasteiger partial charge on any atom is 0.317 e. The summed E-state index contributed by atoms with van der Waals surface area (Å²) in [6, 6.07) is 8.72. The fourth-order valence-electron chi connectivity index (χ4n) is 2.47. The van der Waals surface area contributed by atoms with Crippen molar-refractivity contribution in [1.82, 2.24) is 10.2 Å². The number of carbonyl (C=O) groups is 1. The molecule has 4 heteroatoms. The quantitative estimate of drug-likeness (QED) is 0.805. The molecule has 0 unspecified atom stereocenters. The molecular formula is C15H21IN2O. The molecule has 0 spiro atoms. The average Bonchev–Trinajstić information content (AvgIpc) is 2.42. The lowest BCUT2D eigenvalue weighted by atomic mass is 9.96. The zero-order valence-corrected chi connectivity index (χ0v) is 13.5. The van der Waals surface area contributed by atoms with Gasteiger partial charge in [0.15, 0.2) is 0 Å². The van der Waals surface area contributed by atoms with Crippen molar-refractivity contribution in [2.24, 2.45) is 0 Å². The summed E-state index contributed by atoms with van der Waals surface area (Å²) in [6.45, 7) is 0.662. The molecule has 0 radical (unpaired) electrons. The van der Waals surface area contributed by atoms with Crippen LogP contribution in [-0.4, -0.2) is 24.0 Å². The normalized spacial score (nSPS) is 16.1. The van der Waals surface area contributed by atoms with Crippen molar-refractivity contribution in [2.45, 2.75) is 44.7 Å². The first-order valence-electron chi connectivity index (χ1n) is 6.91. The fraction of sp³-hybridized carbons (Fsp3) is 0.533. The Hall–Kier alpha value is -0.780. The van der Waals surface area contributed by atoms with Gasteiger partial charge >= 0.3 is 6.03 Å². The van der Waals surface area contributed by atoms with Gasteiger partial charge in [0, 0.05) is 23.2 Å². The van der Waals surface area contributed by atoms with Crippen molar-refractivity contribution in [3.8, 4) is 0 Å². The molecule has 1 fully saturated rings. The number of nitrogens with one attached hydrogen (secondary N) is 1. The second kappa shape index (κ2) is 7.12. The highest BCUT2D eigenvalue weighted by atomic mass is 127. The molecule has 0 aromatic heterocycles. The van der Waals surface area contributed by atoms with E-state index in [1.807, 2.05) is 7.05 Å². The van der Waals surface area contributed by atoms with Crippen molar-refractivity contribution in [2.75, 3.05) is 7.05 Å². The van der Waals surface area contributed by atoms with Crippen LogP contribution in [0.4, 0.5) is 4.79 Å². The molecule has 0 saturated heterocycles. The van der Waals surface area contributed by atoms with E-state index in [0.717, 1.165) is 12.8 Å². The minimum atomic E-state index is 0.0467. The van der Waals surface area contributed by atoms with Gasteiger partial charge in [-0.2, -0.15) is 0 Å². The maximum atomic E-state index is 12.1. The highest BCUT2D eigenvalue weighted by molar-refractivity contribution is 14.1. The van der Waals surface area contributed by atoms with E-state index in [1.165, 1.54) is 28.4 Å². The highest BCUT2D eigenvalue weighted by Gasteiger charge is 2.17. The summed E-state index contributed by atoms with van der Waals surface area (Å²) in [5, 5.41) is 3.14. The molecule has 1 aromatic rings. The lowest BCUT2D eigenvalue weighted by molar-refractivity contribution is 0.198. The highest BCUT2D eigenvalue weighted by Crippen LogP contribution is 2.17. The Bertz CT molecular complexity index is 413. The third-order valence-corrected chi connectivity index (χ3v) is 4.33. The minimum absolute atomic E-state index is 0.0467. The van der Waals surface area contributed by atoms with E-state index in [4.69, 9.17) is 0 Å². The third kappa shape index (κ3) is 4.67. The van der Waals surface area contributed by atoms with Crippen LogP contribution in [0.2, 0.25) is 0 Å². The van der Waals surface area contributed by atoms with Crippen LogP contribution in [0, 0.1) is 3.57 Å². The van der Waals surface area contributed by atoms with Crippen LogP contribution in [0.1, 0.15) is 37.7 Å². The molecule has 0 heterocycles. The Balaban J connectivity index is 1.83. The Labute approximate surface area is 128 Å². The zero-order valence-electron chi connectivity index (χ0n) is 11.4. The van der Waals surface area contributed by atoms with Crippen molar-refractivity contribution >= 4 is 28.6 Å². The summed E-state index contributed by atoms with van der Waals surface area (Å²) in [5.74, 6) is 0. The van der Waals surface area contributed by atoms with Crippen LogP contribution in [0.25, 0.3) is 0 Å². The number of halogens is 1. The van der Waals surface area contributed by atoms with Gasteiger partial charge in [-0.15, -0.1) is 0 Å². The number of benzene rings is 1. The van der Waals surface area contributed by atoms with Crippen molar-refractivity contribution in [3.63, 3.8) is 0 Å². The predicted octanol–water partition coefficient (Wildman–Crippen LogP) is 3.77. The third-order valence-electron chi connectivity index (χ3n) is 3.61. The van der Waals surface area contributed by atoms with Crippen molar-refractivity contribution in [3.05, 3.63) is 33.4 Å². The van der Waals surface area contributed by atoms with Crippen molar-refractivity contribution < 1.29 is 4.79 Å². The van der Waals surface area contributed by atoms with E-state index >= 15 is 0 Å². The Morgan fingerprint density at radius 3 is 2.53 bits per heavy atom. The van der Waals surface area contributed by atoms with Crippen molar-refractivity contribution in [1.29, 1.82) is 0 Å². The topological polar surface area (TPSA) is 32.3 Å². The second-order valence-electron chi connectivity index (χ2n) is 5.27. The molecule has 104 valence electrons. The van der Waals surface area contributed by atoms with E-state index < -0.39 is 0 Å². The summed E-state index contributed by atoms with van der Waals surface area (Å²) in [7, 11) is 1.86. The summed E-state index contributed by atoms with van der Waals surface area (Å²) < 4.78 is 1.22. The molecule has 1 saturated carbocycles. The molecule has 3 nitrogen and oxygen atoms in total. The number of nitrogens with zero attached hydrogens (tertiary/aromatic N) is 1. The molecule has 1 aromatic carbocycles. The lowest BCUT2D eigenvalue weighted by Crippen LogP contribution is -2.43. The Kier molecular flexibility index (Phi) is 5.48. The zero-order chi connectivity index (χ0) is 13.7. The molecule has 1 N–H and O–H groups in total. The second-order valence-corrected chi connectivity index (χ2v) is 6.51. The number of carbonyl (C=O) groups excluding carboxylic acids is 1. The monoisotopic (exact) mass is 372 g/mol. The number of urea groups is 1. The molecular weight excluding hydrogens is 351 g/mol. The number of amides is 2. The summed E-state index contributed by atoms with van der Waals surface area (Å²) in [5.41, 5.74) is 1.17. The van der Waals surface area contributed by atoms with Crippen LogP contribution in [0.15, 0.2) is 24.3 Å². The van der Waals surface area contributed by atoms with E-state index in [1.54, 1.807) is 4.90 Å². The van der Waals surface area contributed by atoms with Crippen LogP contribution >= 0.6 is 22.6 Å². The van der Waals surface area contributed by atoms with Gasteiger partial charge in [-0.3, -0.25) is 0 Å². The van der Waals surface area contributed by atoms with Crippen LogP contribution in [-0.2, 0) is 6.54 Å². The number of rotatable bonds is 3. The van der Waals surface area contributed by atoms with Gasteiger partial charge in [-0.25, -0.2) is 4.79 Å². The first-order chi connectivity index (χ1) is 9.15. The molecule has 2 rings (SSSR count). The van der Waals surface area contributed by atoms with E-state index in [9.17, 15) is 4.79 Å². The summed E-state index contributed by atoms with van der Waals surface area (Å²) in [4.78, 5) is 13.9. The van der Waals surface area contributed by atoms with Gasteiger partial charge in [0.1, 0.15) is 0 Å². The standard InChI is InChI=1S/C15H21IN2O/c1-18(11-12-7-9-13(16)10-8-12)15(19)17-14-5-3-2-4-6-14/h7-10,14H,2-6,11H2,1H3,(H,17,19). The van der Waals surface area contributed by atoms with Gasteiger partial charge in [0.25, 0.3) is 0 Å². The summed E-state index contributed by atoms with van der Waals surface area (Å²) >= 11 is 2.29. The van der Waals surface area contributed by atoms with Gasteiger partial charge in [0.2, 0.25) is 0 Å². The molecule has 1 aliphatic carbocycles. The predicted molar refractivity (Wildman–Crippen MR) is 86.0 cm³/mol. The van der Waals surface area contributed by atoms with Crippen LogP contribution in [0.5, 0.6) is 0 Å². The largest absolute Gasteiger partial charge is 0.335 e. The molecule has 1 aliphatic rings. The molecule has 0 atom stereocenters. The summed E-state index contributed by atoms with van der Waals surface area (Å²) in [6.07, 6.45) is 6.05. The lowest BCUT2D eigenvalue weighted by Gasteiger charge is -2.26. The first kappa shape index (κ1) is 14.6. The van der Waals surface area contributed by atoms with E-state index in [-0.39, 0.29) is 6.03 Å². The van der Waals surface area contributed by atoms with E-state index in [2.05, 4.69) is 52.2 Å². The number of hydrogen-bond acceptors (Lipinski definition) is 1. The SMILES string of the molecule is CN(Cc1ccc(I)cc1)C(=O)NC1CCCCC1. The molecule has 2 amide bonds. The number of hydrogen-bond donors (Lipinski definition) is 1. The van der Waals surface area contributed by atoms with Gasteiger partial charge in [-0.1, -0.05) is 31.4 Å². The smallest absolute Gasteiger partial charge is 0.317 e. The van der Waals surface area contributed by atoms with Crippen LogP contribution in [0.3, 0.4) is 0 Å². The fourth-order valence-corrected chi connectivity index (χ4v) is 2.83. The van der Waals surface area contributed by atoms with Gasteiger partial charge in [-0.05, 0) is 53.1 Å². The molecule has 19 heavy (non-hydrogen) atoms. The Morgan fingerprint density at radius 1 is 1.26 bits per heavy atom. The molecule has 0 aliphatic heterocycles. The maximum absolute atomic E-state index is 12.1. The Morgan fingerprint density at radius 2 is 1.89 bits per heavy atom. The minimum Gasteiger partial charge on any atom is -0.335 e. The average molecular weight is 372 g/mol.